The molecule has 106 valence electrons. The molecule has 0 unspecified atom stereocenters. The number of hydrogen-bond donors (Lipinski definition) is 0. The van der Waals surface area contributed by atoms with Crippen LogP contribution in [0.3, 0.4) is 0 Å². The number of hydrogen-bond acceptors (Lipinski definition) is 2. The van der Waals surface area contributed by atoms with E-state index in [2.05, 4.69) is 11.3 Å². The van der Waals surface area contributed by atoms with Crippen molar-refractivity contribution in [3.63, 3.8) is 0 Å². The number of alkyl halides is 3. The summed E-state index contributed by atoms with van der Waals surface area (Å²) in [5.74, 6) is 0.295. The van der Waals surface area contributed by atoms with E-state index in [0.717, 1.165) is 25.7 Å². The zero-order valence-corrected chi connectivity index (χ0v) is 10.6. The van der Waals surface area contributed by atoms with Crippen molar-refractivity contribution in [1.29, 1.82) is 0 Å². The van der Waals surface area contributed by atoms with Gasteiger partial charge in [-0.1, -0.05) is 6.08 Å². The van der Waals surface area contributed by atoms with Crippen molar-refractivity contribution in [2.75, 3.05) is 6.61 Å². The van der Waals surface area contributed by atoms with Crippen molar-refractivity contribution in [2.24, 2.45) is 0 Å². The van der Waals surface area contributed by atoms with Crippen molar-refractivity contribution in [2.45, 2.75) is 32.0 Å². The molecule has 0 amide bonds. The van der Waals surface area contributed by atoms with Crippen LogP contribution in [0.2, 0.25) is 0 Å². The smallest absolute Gasteiger partial charge is 0.494 e. The Bertz CT molecular complexity index is 371. The number of halogens is 3. The van der Waals surface area contributed by atoms with E-state index >= 15 is 0 Å². The van der Waals surface area contributed by atoms with Gasteiger partial charge in [0.05, 0.1) is 6.61 Å². The first kappa shape index (κ1) is 15.4. The van der Waals surface area contributed by atoms with Crippen molar-refractivity contribution in [3.8, 4) is 11.5 Å². The number of benzene rings is 1. The van der Waals surface area contributed by atoms with E-state index in [1.54, 1.807) is 0 Å². The molecule has 1 aromatic carbocycles. The van der Waals surface area contributed by atoms with Crippen LogP contribution in [0, 0.1) is 0 Å². The fourth-order valence-electron chi connectivity index (χ4n) is 1.50. The molecule has 0 radical (unpaired) electrons. The van der Waals surface area contributed by atoms with Gasteiger partial charge >= 0.3 is 6.36 Å². The predicted octanol–water partition coefficient (Wildman–Crippen LogP) is 4.71. The second kappa shape index (κ2) is 7.71. The van der Waals surface area contributed by atoms with Crippen LogP contribution in [-0.4, -0.2) is 13.0 Å². The van der Waals surface area contributed by atoms with E-state index < -0.39 is 6.36 Å². The van der Waals surface area contributed by atoms with Crippen LogP contribution in [0.15, 0.2) is 36.9 Å². The molecule has 0 spiro atoms. The molecule has 0 N–H and O–H groups in total. The molecule has 0 aliphatic carbocycles. The summed E-state index contributed by atoms with van der Waals surface area (Å²) in [4.78, 5) is 0. The number of rotatable bonds is 8. The van der Waals surface area contributed by atoms with Gasteiger partial charge in [-0.05, 0) is 49.9 Å². The molecule has 0 heterocycles. The van der Waals surface area contributed by atoms with Crippen LogP contribution in [0.1, 0.15) is 25.7 Å². The van der Waals surface area contributed by atoms with Crippen molar-refractivity contribution < 1.29 is 22.6 Å². The van der Waals surface area contributed by atoms with E-state index in [1.807, 2.05) is 6.08 Å². The number of ether oxygens (including phenoxy) is 2. The van der Waals surface area contributed by atoms with Gasteiger partial charge in [0, 0.05) is 0 Å². The van der Waals surface area contributed by atoms with Gasteiger partial charge in [0.1, 0.15) is 11.5 Å². The first-order valence-corrected chi connectivity index (χ1v) is 6.11. The topological polar surface area (TPSA) is 18.5 Å². The standard InChI is InChI=1S/C14H17F3O2/c1-2-3-4-5-6-11-18-12-7-9-13(10-8-12)19-14(15,16)17/h2,7-10H,1,3-6,11H2. The lowest BCUT2D eigenvalue weighted by Gasteiger charge is -2.10. The molecule has 2 nitrogen and oxygen atoms in total. The summed E-state index contributed by atoms with van der Waals surface area (Å²) >= 11 is 0. The van der Waals surface area contributed by atoms with Crippen molar-refractivity contribution in [3.05, 3.63) is 36.9 Å². The number of allylic oxidation sites excluding steroid dienone is 1. The average Bonchev–Trinajstić information content (AvgIpc) is 2.34. The molecule has 0 atom stereocenters. The molecule has 0 saturated heterocycles. The maximum Gasteiger partial charge on any atom is 0.573 e. The summed E-state index contributed by atoms with van der Waals surface area (Å²) in [6.45, 7) is 4.19. The SMILES string of the molecule is C=CCCCCCOc1ccc(OC(F)(F)F)cc1. The van der Waals surface area contributed by atoms with E-state index in [1.165, 1.54) is 24.3 Å². The van der Waals surface area contributed by atoms with Gasteiger partial charge in [0.25, 0.3) is 0 Å². The third-order valence-corrected chi connectivity index (χ3v) is 2.38. The zero-order chi connectivity index (χ0) is 14.1. The maximum atomic E-state index is 11.9. The molecule has 0 bridgehead atoms. The zero-order valence-electron chi connectivity index (χ0n) is 10.6. The molecule has 19 heavy (non-hydrogen) atoms. The number of unbranched alkanes of at least 4 members (excludes halogenated alkanes) is 3. The van der Waals surface area contributed by atoms with Gasteiger partial charge in [0.2, 0.25) is 0 Å². The molecule has 0 aliphatic heterocycles. The van der Waals surface area contributed by atoms with Crippen LogP contribution < -0.4 is 9.47 Å². The Balaban J connectivity index is 2.26. The maximum absolute atomic E-state index is 11.9. The van der Waals surface area contributed by atoms with Gasteiger partial charge in [-0.15, -0.1) is 19.8 Å². The molecule has 1 rings (SSSR count). The second-order valence-corrected chi connectivity index (χ2v) is 4.01. The first-order valence-electron chi connectivity index (χ1n) is 6.11. The van der Waals surface area contributed by atoms with Crippen molar-refractivity contribution >= 4 is 0 Å². The minimum Gasteiger partial charge on any atom is -0.494 e. The fraction of sp³-hybridized carbons (Fsp3) is 0.429. The highest BCUT2D eigenvalue weighted by atomic mass is 19.4. The highest BCUT2D eigenvalue weighted by Crippen LogP contribution is 2.24. The highest BCUT2D eigenvalue weighted by Gasteiger charge is 2.30. The molecule has 0 aliphatic rings. The minimum atomic E-state index is -4.66. The largest absolute Gasteiger partial charge is 0.573 e. The summed E-state index contributed by atoms with van der Waals surface area (Å²) in [7, 11) is 0. The Morgan fingerprint density at radius 3 is 2.21 bits per heavy atom. The Kier molecular flexibility index (Phi) is 6.25. The Hall–Kier alpha value is -1.65. The van der Waals surface area contributed by atoms with Gasteiger partial charge in [0.15, 0.2) is 0 Å². The van der Waals surface area contributed by atoms with Crippen LogP contribution in [0.4, 0.5) is 13.2 Å². The first-order chi connectivity index (χ1) is 9.01. The lowest BCUT2D eigenvalue weighted by molar-refractivity contribution is -0.274. The third kappa shape index (κ3) is 7.39. The van der Waals surface area contributed by atoms with Gasteiger partial charge in [-0.25, -0.2) is 0 Å². The molecule has 5 heteroatoms. The second-order valence-electron chi connectivity index (χ2n) is 4.01. The van der Waals surface area contributed by atoms with Crippen LogP contribution in [0.25, 0.3) is 0 Å². The van der Waals surface area contributed by atoms with Gasteiger partial charge < -0.3 is 9.47 Å². The minimum absolute atomic E-state index is 0.245. The van der Waals surface area contributed by atoms with Gasteiger partial charge in [-0.3, -0.25) is 0 Å². The normalized spacial score (nSPS) is 11.1. The summed E-state index contributed by atoms with van der Waals surface area (Å²) < 4.78 is 45.0. The Morgan fingerprint density at radius 1 is 1.00 bits per heavy atom. The lowest BCUT2D eigenvalue weighted by Crippen LogP contribution is -2.16. The lowest BCUT2D eigenvalue weighted by atomic mass is 10.2. The van der Waals surface area contributed by atoms with Crippen LogP contribution in [-0.2, 0) is 0 Å². The fourth-order valence-corrected chi connectivity index (χ4v) is 1.50. The predicted molar refractivity (Wildman–Crippen MR) is 67.3 cm³/mol. The Morgan fingerprint density at radius 2 is 1.63 bits per heavy atom. The Labute approximate surface area is 110 Å². The summed E-state index contributed by atoms with van der Waals surface area (Å²) in [6.07, 6.45) is 1.23. The third-order valence-electron chi connectivity index (χ3n) is 2.38. The van der Waals surface area contributed by atoms with Gasteiger partial charge in [-0.2, -0.15) is 0 Å². The van der Waals surface area contributed by atoms with Crippen LogP contribution >= 0.6 is 0 Å². The monoisotopic (exact) mass is 274 g/mol. The molecular formula is C14H17F3O2. The molecule has 0 aromatic heterocycles. The van der Waals surface area contributed by atoms with E-state index in [9.17, 15) is 13.2 Å². The average molecular weight is 274 g/mol. The summed E-state index contributed by atoms with van der Waals surface area (Å²) in [6, 6.07) is 5.40. The summed E-state index contributed by atoms with van der Waals surface area (Å²) in [5.41, 5.74) is 0. The van der Waals surface area contributed by atoms with E-state index in [0.29, 0.717) is 12.4 Å². The van der Waals surface area contributed by atoms with E-state index in [4.69, 9.17) is 4.74 Å². The molecule has 0 saturated carbocycles. The molecule has 1 aromatic rings. The van der Waals surface area contributed by atoms with E-state index in [-0.39, 0.29) is 5.75 Å². The quantitative estimate of drug-likeness (QED) is 0.505. The summed E-state index contributed by atoms with van der Waals surface area (Å²) in [5, 5.41) is 0. The molecular weight excluding hydrogens is 257 g/mol. The van der Waals surface area contributed by atoms with Crippen molar-refractivity contribution in [1.82, 2.24) is 0 Å². The van der Waals surface area contributed by atoms with Crippen LogP contribution in [0.5, 0.6) is 11.5 Å². The highest BCUT2D eigenvalue weighted by molar-refractivity contribution is 5.31. The molecule has 0 fully saturated rings.